The highest BCUT2D eigenvalue weighted by Crippen LogP contribution is 2.15. The van der Waals surface area contributed by atoms with Crippen LogP contribution in [0.25, 0.3) is 0 Å². The lowest BCUT2D eigenvalue weighted by molar-refractivity contribution is 0.0909. The molecule has 120 valence electrons. The number of anilines is 1. The number of amides is 1. The number of piperidine rings is 1. The van der Waals surface area contributed by atoms with Gasteiger partial charge in [0.2, 0.25) is 0 Å². The summed E-state index contributed by atoms with van der Waals surface area (Å²) >= 11 is 0. The normalized spacial score (nSPS) is 16.2. The topological polar surface area (TPSA) is 71.2 Å². The van der Waals surface area contributed by atoms with E-state index in [1.54, 1.807) is 18.3 Å². The number of nitrogens with two attached hydrogens (primary N) is 1. The van der Waals surface area contributed by atoms with Gasteiger partial charge < -0.3 is 11.1 Å². The molecule has 23 heavy (non-hydrogen) atoms. The van der Waals surface area contributed by atoms with Gasteiger partial charge in [-0.2, -0.15) is 0 Å². The van der Waals surface area contributed by atoms with Crippen LogP contribution in [0.2, 0.25) is 0 Å². The molecule has 1 aliphatic heterocycles. The van der Waals surface area contributed by atoms with E-state index in [4.69, 9.17) is 5.73 Å². The van der Waals surface area contributed by atoms with Crippen LogP contribution < -0.4 is 11.1 Å². The van der Waals surface area contributed by atoms with E-state index in [2.05, 4.69) is 39.5 Å². The molecule has 0 bridgehead atoms. The third-order valence-corrected chi connectivity index (χ3v) is 4.25. The smallest absolute Gasteiger partial charge is 0.255 e. The van der Waals surface area contributed by atoms with Gasteiger partial charge in [-0.3, -0.25) is 9.69 Å². The SMILES string of the molecule is Nc1ncccc1C(=O)NC1CCN(Cc2ccccc2)CC1. The highest BCUT2D eigenvalue weighted by atomic mass is 16.1. The first-order valence-electron chi connectivity index (χ1n) is 8.00. The number of pyridine rings is 1. The standard InChI is InChI=1S/C18H22N4O/c19-17-16(7-4-10-20-17)18(23)21-15-8-11-22(12-9-15)13-14-5-2-1-3-6-14/h1-7,10,15H,8-9,11-13H2,(H2,19,20)(H,21,23). The molecule has 1 aromatic heterocycles. The molecule has 5 heteroatoms. The van der Waals surface area contributed by atoms with Crippen LogP contribution in [0, 0.1) is 0 Å². The zero-order chi connectivity index (χ0) is 16.1. The van der Waals surface area contributed by atoms with Gasteiger partial charge in [0.15, 0.2) is 0 Å². The van der Waals surface area contributed by atoms with Gasteiger partial charge in [0.1, 0.15) is 5.82 Å². The number of likely N-dealkylation sites (tertiary alicyclic amines) is 1. The van der Waals surface area contributed by atoms with Crippen molar-refractivity contribution in [2.24, 2.45) is 0 Å². The number of nitrogen functional groups attached to an aromatic ring is 1. The van der Waals surface area contributed by atoms with Crippen LogP contribution in [-0.4, -0.2) is 34.9 Å². The molecule has 1 aliphatic rings. The minimum atomic E-state index is -0.128. The molecule has 0 unspecified atom stereocenters. The molecular formula is C18H22N4O. The number of aromatic nitrogens is 1. The summed E-state index contributed by atoms with van der Waals surface area (Å²) in [5, 5.41) is 3.07. The Bertz CT molecular complexity index is 651. The number of hydrogen-bond donors (Lipinski definition) is 2. The third-order valence-electron chi connectivity index (χ3n) is 4.25. The largest absolute Gasteiger partial charge is 0.383 e. The van der Waals surface area contributed by atoms with Crippen molar-refractivity contribution < 1.29 is 4.79 Å². The van der Waals surface area contributed by atoms with E-state index in [-0.39, 0.29) is 17.8 Å². The van der Waals surface area contributed by atoms with E-state index in [0.29, 0.717) is 5.56 Å². The number of nitrogens with zero attached hydrogens (tertiary/aromatic N) is 2. The lowest BCUT2D eigenvalue weighted by Crippen LogP contribution is -2.44. The van der Waals surface area contributed by atoms with E-state index in [9.17, 15) is 4.79 Å². The van der Waals surface area contributed by atoms with Crippen molar-refractivity contribution in [1.29, 1.82) is 0 Å². The molecular weight excluding hydrogens is 288 g/mol. The summed E-state index contributed by atoms with van der Waals surface area (Å²) in [6.45, 7) is 2.95. The molecule has 0 aliphatic carbocycles. The zero-order valence-electron chi connectivity index (χ0n) is 13.1. The van der Waals surface area contributed by atoms with Gasteiger partial charge >= 0.3 is 0 Å². The van der Waals surface area contributed by atoms with Crippen molar-refractivity contribution in [3.8, 4) is 0 Å². The molecule has 1 aromatic carbocycles. The average molecular weight is 310 g/mol. The predicted octanol–water partition coefficient (Wildman–Crippen LogP) is 2.06. The van der Waals surface area contributed by atoms with Crippen LogP contribution in [0.15, 0.2) is 48.7 Å². The van der Waals surface area contributed by atoms with Crippen molar-refractivity contribution in [2.75, 3.05) is 18.8 Å². The van der Waals surface area contributed by atoms with E-state index >= 15 is 0 Å². The Morgan fingerprint density at radius 3 is 2.61 bits per heavy atom. The second-order valence-electron chi connectivity index (χ2n) is 5.95. The summed E-state index contributed by atoms with van der Waals surface area (Å²) in [6, 6.07) is 14.1. The molecule has 3 rings (SSSR count). The molecule has 0 spiro atoms. The van der Waals surface area contributed by atoms with Crippen molar-refractivity contribution >= 4 is 11.7 Å². The first kappa shape index (κ1) is 15.5. The number of hydrogen-bond acceptors (Lipinski definition) is 4. The number of carbonyl (C=O) groups is 1. The molecule has 5 nitrogen and oxygen atoms in total. The highest BCUT2D eigenvalue weighted by Gasteiger charge is 2.22. The van der Waals surface area contributed by atoms with Crippen LogP contribution in [0.3, 0.4) is 0 Å². The van der Waals surface area contributed by atoms with Crippen molar-refractivity contribution in [3.63, 3.8) is 0 Å². The van der Waals surface area contributed by atoms with Gasteiger partial charge in [-0.15, -0.1) is 0 Å². The molecule has 0 atom stereocenters. The minimum Gasteiger partial charge on any atom is -0.383 e. The van der Waals surface area contributed by atoms with Gasteiger partial charge in [-0.05, 0) is 30.5 Å². The van der Waals surface area contributed by atoms with E-state index in [1.165, 1.54) is 5.56 Å². The fourth-order valence-corrected chi connectivity index (χ4v) is 2.95. The number of rotatable bonds is 4. The van der Waals surface area contributed by atoms with Crippen molar-refractivity contribution in [1.82, 2.24) is 15.2 Å². The number of nitrogens with one attached hydrogen (secondary N) is 1. The van der Waals surface area contributed by atoms with Crippen molar-refractivity contribution in [2.45, 2.75) is 25.4 Å². The molecule has 1 fully saturated rings. The summed E-state index contributed by atoms with van der Waals surface area (Å²) in [7, 11) is 0. The Labute approximate surface area is 136 Å². The van der Waals surface area contributed by atoms with E-state index < -0.39 is 0 Å². The zero-order valence-corrected chi connectivity index (χ0v) is 13.1. The third kappa shape index (κ3) is 4.07. The van der Waals surface area contributed by atoms with Crippen LogP contribution in [0.1, 0.15) is 28.8 Å². The lowest BCUT2D eigenvalue weighted by atomic mass is 10.0. The Kier molecular flexibility index (Phi) is 4.88. The molecule has 2 heterocycles. The number of carbonyl (C=O) groups excluding carboxylic acids is 1. The van der Waals surface area contributed by atoms with Crippen LogP contribution >= 0.6 is 0 Å². The number of benzene rings is 1. The van der Waals surface area contributed by atoms with Gasteiger partial charge in [-0.1, -0.05) is 30.3 Å². The predicted molar refractivity (Wildman–Crippen MR) is 90.9 cm³/mol. The Morgan fingerprint density at radius 2 is 1.91 bits per heavy atom. The second kappa shape index (κ2) is 7.24. The fourth-order valence-electron chi connectivity index (χ4n) is 2.95. The molecule has 2 aromatic rings. The Morgan fingerprint density at radius 1 is 1.17 bits per heavy atom. The minimum absolute atomic E-state index is 0.128. The Balaban J connectivity index is 1.49. The molecule has 1 saturated heterocycles. The maximum atomic E-state index is 12.3. The van der Waals surface area contributed by atoms with Gasteiger partial charge in [0.05, 0.1) is 5.56 Å². The molecule has 1 amide bonds. The first-order valence-corrected chi connectivity index (χ1v) is 8.00. The van der Waals surface area contributed by atoms with Crippen LogP contribution in [0.5, 0.6) is 0 Å². The second-order valence-corrected chi connectivity index (χ2v) is 5.95. The first-order chi connectivity index (χ1) is 11.2. The lowest BCUT2D eigenvalue weighted by Gasteiger charge is -2.32. The average Bonchev–Trinajstić information content (AvgIpc) is 2.58. The molecule has 0 radical (unpaired) electrons. The quantitative estimate of drug-likeness (QED) is 0.907. The Hall–Kier alpha value is -2.40. The summed E-state index contributed by atoms with van der Waals surface area (Å²) in [6.07, 6.45) is 3.51. The van der Waals surface area contributed by atoms with E-state index in [0.717, 1.165) is 32.5 Å². The summed E-state index contributed by atoms with van der Waals surface area (Å²) in [4.78, 5) is 18.6. The maximum absolute atomic E-state index is 12.3. The van der Waals surface area contributed by atoms with Gasteiger partial charge in [-0.25, -0.2) is 4.98 Å². The van der Waals surface area contributed by atoms with Crippen molar-refractivity contribution in [3.05, 3.63) is 59.8 Å². The summed E-state index contributed by atoms with van der Waals surface area (Å²) < 4.78 is 0. The summed E-state index contributed by atoms with van der Waals surface area (Å²) in [5.41, 5.74) is 7.54. The molecule has 0 saturated carbocycles. The molecule has 3 N–H and O–H groups in total. The summed E-state index contributed by atoms with van der Waals surface area (Å²) in [5.74, 6) is 0.156. The monoisotopic (exact) mass is 310 g/mol. The van der Waals surface area contributed by atoms with E-state index in [1.807, 2.05) is 6.07 Å². The van der Waals surface area contributed by atoms with Gasteiger partial charge in [0.25, 0.3) is 5.91 Å². The van der Waals surface area contributed by atoms with Crippen LogP contribution in [0.4, 0.5) is 5.82 Å². The highest BCUT2D eigenvalue weighted by molar-refractivity contribution is 5.98. The van der Waals surface area contributed by atoms with Crippen LogP contribution in [-0.2, 0) is 6.54 Å². The maximum Gasteiger partial charge on any atom is 0.255 e. The van der Waals surface area contributed by atoms with Gasteiger partial charge in [0, 0.05) is 31.9 Å². The fraction of sp³-hybridized carbons (Fsp3) is 0.333.